The van der Waals surface area contributed by atoms with Crippen LogP contribution in [0.1, 0.15) is 43.6 Å². The van der Waals surface area contributed by atoms with Crippen molar-refractivity contribution in [1.29, 1.82) is 0 Å². The maximum Gasteiger partial charge on any atom is 0.419 e. The molecular formula is C22H25N3O6. The first-order valence-electron chi connectivity index (χ1n) is 9.81. The highest BCUT2D eigenvalue weighted by Gasteiger charge is 2.24. The summed E-state index contributed by atoms with van der Waals surface area (Å²) in [6, 6.07) is 6.01. The first-order chi connectivity index (χ1) is 14.6. The number of carbonyl (C=O) groups excluding carboxylic acids is 2. The second-order valence-electron chi connectivity index (χ2n) is 7.96. The molecule has 1 N–H and O–H groups in total. The van der Waals surface area contributed by atoms with E-state index in [-0.39, 0.29) is 25.3 Å². The van der Waals surface area contributed by atoms with Gasteiger partial charge in [-0.1, -0.05) is 5.92 Å². The number of hydrogen-bond acceptors (Lipinski definition) is 7. The van der Waals surface area contributed by atoms with Crippen molar-refractivity contribution >= 4 is 23.0 Å². The van der Waals surface area contributed by atoms with Crippen LogP contribution < -0.4 is 20.5 Å². The summed E-state index contributed by atoms with van der Waals surface area (Å²) >= 11 is 0. The minimum absolute atomic E-state index is 0.0520. The molecule has 2 aromatic rings. The lowest BCUT2D eigenvalue weighted by Gasteiger charge is -2.30. The molecule has 1 aromatic heterocycles. The zero-order valence-corrected chi connectivity index (χ0v) is 18.2. The Bertz CT molecular complexity index is 1150. The number of rotatable bonds is 3. The summed E-state index contributed by atoms with van der Waals surface area (Å²) in [5.74, 6) is 2.66. The second kappa shape index (κ2) is 8.60. The largest absolute Gasteiger partial charge is 0.469 e. The smallest absolute Gasteiger partial charge is 0.419 e. The van der Waals surface area contributed by atoms with Gasteiger partial charge in [-0.3, -0.25) is 14.5 Å². The van der Waals surface area contributed by atoms with Gasteiger partial charge in [-0.05, 0) is 45.4 Å². The summed E-state index contributed by atoms with van der Waals surface area (Å²) in [4.78, 5) is 37.0. The minimum atomic E-state index is -0.675. The van der Waals surface area contributed by atoms with Crippen molar-refractivity contribution in [3.8, 4) is 17.7 Å². The van der Waals surface area contributed by atoms with Crippen LogP contribution in [-0.4, -0.2) is 42.7 Å². The molecular weight excluding hydrogens is 402 g/mol. The number of hydrogen-bond donors (Lipinski definition) is 1. The summed E-state index contributed by atoms with van der Waals surface area (Å²) in [6.07, 6.45) is 1.09. The Hall–Kier alpha value is -3.67. The number of aromatic nitrogens is 1. The number of amides is 1. The molecule has 0 atom stereocenters. The first kappa shape index (κ1) is 22.0. The van der Waals surface area contributed by atoms with E-state index in [0.29, 0.717) is 22.2 Å². The SMILES string of the molecule is CCOC(=O)c1cn2c3c(cc(CC#CNC(=O)OC(C)(C)C)cc3c1=O)OCN2C. The quantitative estimate of drug-likeness (QED) is 0.455. The molecule has 1 aromatic carbocycles. The number of benzene rings is 1. The molecule has 9 nitrogen and oxygen atoms in total. The van der Waals surface area contributed by atoms with Gasteiger partial charge in [-0.25, -0.2) is 14.9 Å². The molecule has 0 fully saturated rings. The number of nitrogens with zero attached hydrogens (tertiary/aromatic N) is 2. The Balaban J connectivity index is 1.95. The van der Waals surface area contributed by atoms with Crippen LogP contribution in [0.3, 0.4) is 0 Å². The molecule has 9 heteroatoms. The highest BCUT2D eigenvalue weighted by molar-refractivity contribution is 5.96. The molecule has 0 radical (unpaired) electrons. The highest BCUT2D eigenvalue weighted by atomic mass is 16.6. The molecule has 3 rings (SSSR count). The van der Waals surface area contributed by atoms with Gasteiger partial charge < -0.3 is 14.2 Å². The third-order valence-electron chi connectivity index (χ3n) is 4.32. The first-order valence-corrected chi connectivity index (χ1v) is 9.81. The van der Waals surface area contributed by atoms with E-state index in [0.717, 1.165) is 0 Å². The average Bonchev–Trinajstić information content (AvgIpc) is 2.68. The van der Waals surface area contributed by atoms with E-state index in [1.807, 2.05) is 0 Å². The van der Waals surface area contributed by atoms with E-state index >= 15 is 0 Å². The van der Waals surface area contributed by atoms with Crippen LogP contribution in [0.15, 0.2) is 23.1 Å². The lowest BCUT2D eigenvalue weighted by atomic mass is 10.0. The second-order valence-corrected chi connectivity index (χ2v) is 7.96. The molecule has 0 unspecified atom stereocenters. The van der Waals surface area contributed by atoms with E-state index < -0.39 is 23.1 Å². The third-order valence-corrected chi connectivity index (χ3v) is 4.32. The van der Waals surface area contributed by atoms with Gasteiger partial charge in [0.2, 0.25) is 5.43 Å². The summed E-state index contributed by atoms with van der Waals surface area (Å²) in [5, 5.41) is 4.43. The van der Waals surface area contributed by atoms with E-state index in [1.165, 1.54) is 6.20 Å². The van der Waals surface area contributed by atoms with E-state index in [4.69, 9.17) is 14.2 Å². The summed E-state index contributed by atoms with van der Waals surface area (Å²) < 4.78 is 17.6. The van der Waals surface area contributed by atoms with E-state index in [1.54, 1.807) is 56.6 Å². The molecule has 0 saturated carbocycles. The van der Waals surface area contributed by atoms with Gasteiger partial charge in [0.25, 0.3) is 0 Å². The van der Waals surface area contributed by atoms with Gasteiger partial charge in [0.1, 0.15) is 22.4 Å². The maximum atomic E-state index is 13.0. The molecule has 0 bridgehead atoms. The van der Waals surface area contributed by atoms with Crippen LogP contribution in [0, 0.1) is 12.0 Å². The van der Waals surface area contributed by atoms with Gasteiger partial charge in [-0.2, -0.15) is 0 Å². The molecule has 2 heterocycles. The fraction of sp³-hybridized carbons (Fsp3) is 0.409. The summed E-state index contributed by atoms with van der Waals surface area (Å²) in [6.45, 7) is 7.37. The topological polar surface area (TPSA) is 99.1 Å². The minimum Gasteiger partial charge on any atom is -0.469 e. The molecule has 0 spiro atoms. The molecule has 0 saturated heterocycles. The third kappa shape index (κ3) is 4.91. The Morgan fingerprint density at radius 2 is 2.03 bits per heavy atom. The van der Waals surface area contributed by atoms with Gasteiger partial charge in [0.05, 0.1) is 12.0 Å². The summed E-state index contributed by atoms with van der Waals surface area (Å²) in [5.41, 5.74) is 0.161. The Labute approximate surface area is 179 Å². The fourth-order valence-corrected chi connectivity index (χ4v) is 3.07. The van der Waals surface area contributed by atoms with Crippen LogP contribution in [0.5, 0.6) is 5.75 Å². The average molecular weight is 427 g/mol. The number of esters is 1. The van der Waals surface area contributed by atoms with Crippen molar-refractivity contribution in [2.24, 2.45) is 0 Å². The van der Waals surface area contributed by atoms with Crippen molar-refractivity contribution in [2.75, 3.05) is 25.4 Å². The zero-order chi connectivity index (χ0) is 22.8. The molecule has 31 heavy (non-hydrogen) atoms. The van der Waals surface area contributed by atoms with Crippen molar-refractivity contribution in [2.45, 2.75) is 39.7 Å². The predicted molar refractivity (Wildman–Crippen MR) is 115 cm³/mol. The van der Waals surface area contributed by atoms with Gasteiger partial charge in [0, 0.05) is 25.7 Å². The molecule has 1 amide bonds. The van der Waals surface area contributed by atoms with Crippen LogP contribution in [0.25, 0.3) is 10.9 Å². The Kier molecular flexibility index (Phi) is 6.11. The molecule has 1 aliphatic rings. The predicted octanol–water partition coefficient (Wildman–Crippen LogP) is 2.12. The van der Waals surface area contributed by atoms with Crippen molar-refractivity contribution in [3.63, 3.8) is 0 Å². The zero-order valence-electron chi connectivity index (χ0n) is 18.2. The number of carbonyl (C=O) groups is 2. The number of pyridine rings is 1. The number of alkyl carbamates (subject to hydrolysis) is 1. The van der Waals surface area contributed by atoms with Gasteiger partial charge in [0.15, 0.2) is 6.73 Å². The van der Waals surface area contributed by atoms with E-state index in [2.05, 4.69) is 17.3 Å². The fourth-order valence-electron chi connectivity index (χ4n) is 3.07. The van der Waals surface area contributed by atoms with Crippen LogP contribution >= 0.6 is 0 Å². The standard InChI is InChI=1S/C22H25N3O6/c1-6-29-20(27)16-12-25-18-15(19(16)26)10-14(11-17(18)30-13-24(25)5)8-7-9-23-21(28)31-22(2,3)4/h10-12H,6,8,13H2,1-5H3,(H,23,28). The number of ether oxygens (including phenoxy) is 3. The van der Waals surface area contributed by atoms with Crippen LogP contribution in [0.2, 0.25) is 0 Å². The lowest BCUT2D eigenvalue weighted by molar-refractivity contribution is 0.0521. The van der Waals surface area contributed by atoms with Crippen LogP contribution in [0.4, 0.5) is 4.79 Å². The Morgan fingerprint density at radius 3 is 2.71 bits per heavy atom. The van der Waals surface area contributed by atoms with Gasteiger partial charge in [-0.15, -0.1) is 0 Å². The van der Waals surface area contributed by atoms with Gasteiger partial charge >= 0.3 is 12.1 Å². The molecule has 164 valence electrons. The van der Waals surface area contributed by atoms with Crippen LogP contribution in [-0.2, 0) is 15.9 Å². The summed E-state index contributed by atoms with van der Waals surface area (Å²) in [7, 11) is 1.78. The number of nitrogens with one attached hydrogen (secondary N) is 1. The van der Waals surface area contributed by atoms with Crippen molar-refractivity contribution in [3.05, 3.63) is 39.7 Å². The van der Waals surface area contributed by atoms with E-state index in [9.17, 15) is 14.4 Å². The lowest BCUT2D eigenvalue weighted by Crippen LogP contribution is -2.39. The monoisotopic (exact) mass is 427 g/mol. The molecule has 0 aliphatic carbocycles. The highest BCUT2D eigenvalue weighted by Crippen LogP contribution is 2.29. The van der Waals surface area contributed by atoms with Crippen molar-refractivity contribution in [1.82, 2.24) is 9.99 Å². The molecule has 1 aliphatic heterocycles. The Morgan fingerprint density at radius 1 is 1.29 bits per heavy atom. The maximum absolute atomic E-state index is 13.0. The van der Waals surface area contributed by atoms with Crippen molar-refractivity contribution < 1.29 is 23.8 Å². The normalized spacial score (nSPS) is 12.5.